The maximum absolute atomic E-state index is 12.1. The van der Waals surface area contributed by atoms with E-state index >= 15 is 0 Å². The van der Waals surface area contributed by atoms with Crippen molar-refractivity contribution in [3.63, 3.8) is 0 Å². The molecule has 0 saturated heterocycles. The molecule has 1 aliphatic rings. The van der Waals surface area contributed by atoms with Crippen molar-refractivity contribution in [2.75, 3.05) is 6.61 Å². The topological polar surface area (TPSA) is 64.6 Å². The quantitative estimate of drug-likeness (QED) is 0.804. The summed E-state index contributed by atoms with van der Waals surface area (Å²) in [5, 5.41) is 5.11. The molecule has 5 heteroatoms. The number of benzene rings is 2. The third kappa shape index (κ3) is 4.97. The minimum atomic E-state index is -0.815. The second-order valence-electron chi connectivity index (χ2n) is 6.77. The molecule has 0 aromatic heterocycles. The zero-order chi connectivity index (χ0) is 18.4. The van der Waals surface area contributed by atoms with Gasteiger partial charge in [0.2, 0.25) is 0 Å². The molecule has 1 atom stereocenters. The minimum absolute atomic E-state index is 0.200. The van der Waals surface area contributed by atoms with Crippen molar-refractivity contribution in [1.29, 1.82) is 0 Å². The van der Waals surface area contributed by atoms with Gasteiger partial charge in [0.15, 0.2) is 12.7 Å². The number of nitrogens with one attached hydrogen (secondary N) is 1. The summed E-state index contributed by atoms with van der Waals surface area (Å²) in [5.74, 6) is -0.194. The third-order valence-corrected chi connectivity index (χ3v) is 4.71. The van der Waals surface area contributed by atoms with E-state index in [0.717, 1.165) is 36.5 Å². The first-order valence-corrected chi connectivity index (χ1v) is 9.23. The molecule has 1 unspecified atom stereocenters. The van der Waals surface area contributed by atoms with E-state index in [0.29, 0.717) is 5.75 Å². The van der Waals surface area contributed by atoms with Crippen LogP contribution < -0.4 is 10.1 Å². The van der Waals surface area contributed by atoms with Crippen molar-refractivity contribution in [3.05, 3.63) is 42.5 Å². The summed E-state index contributed by atoms with van der Waals surface area (Å²) in [4.78, 5) is 24.1. The van der Waals surface area contributed by atoms with Gasteiger partial charge in [0.25, 0.3) is 5.91 Å². The summed E-state index contributed by atoms with van der Waals surface area (Å²) in [6.45, 7) is 1.37. The highest BCUT2D eigenvalue weighted by Gasteiger charge is 2.22. The van der Waals surface area contributed by atoms with Gasteiger partial charge in [0, 0.05) is 6.04 Å². The molecule has 0 aliphatic heterocycles. The molecule has 1 saturated carbocycles. The van der Waals surface area contributed by atoms with Crippen LogP contribution in [0.4, 0.5) is 0 Å². The Morgan fingerprint density at radius 3 is 2.58 bits per heavy atom. The summed E-state index contributed by atoms with van der Waals surface area (Å²) in [7, 11) is 0. The molecule has 0 spiro atoms. The van der Waals surface area contributed by atoms with Crippen LogP contribution in [0.5, 0.6) is 5.75 Å². The molecule has 2 aromatic rings. The molecule has 1 fully saturated rings. The van der Waals surface area contributed by atoms with E-state index in [9.17, 15) is 9.59 Å². The van der Waals surface area contributed by atoms with Crippen molar-refractivity contribution < 1.29 is 19.1 Å². The normalized spacial score (nSPS) is 16.0. The van der Waals surface area contributed by atoms with Crippen molar-refractivity contribution >= 4 is 22.6 Å². The molecular weight excluding hydrogens is 330 g/mol. The maximum atomic E-state index is 12.1. The Labute approximate surface area is 153 Å². The predicted molar refractivity (Wildman–Crippen MR) is 100 cm³/mol. The second kappa shape index (κ2) is 8.70. The van der Waals surface area contributed by atoms with Gasteiger partial charge in [0.1, 0.15) is 5.75 Å². The summed E-state index contributed by atoms with van der Waals surface area (Å²) in [6.07, 6.45) is 4.68. The largest absolute Gasteiger partial charge is 0.482 e. The van der Waals surface area contributed by atoms with E-state index in [1.54, 1.807) is 6.92 Å². The molecule has 1 aliphatic carbocycles. The Hall–Kier alpha value is -2.56. The van der Waals surface area contributed by atoms with Crippen LogP contribution in [-0.4, -0.2) is 30.6 Å². The highest BCUT2D eigenvalue weighted by atomic mass is 16.6. The molecule has 3 rings (SSSR count). The van der Waals surface area contributed by atoms with Gasteiger partial charge >= 0.3 is 5.97 Å². The van der Waals surface area contributed by atoms with Gasteiger partial charge in [0.05, 0.1) is 0 Å². The molecule has 0 heterocycles. The van der Waals surface area contributed by atoms with E-state index in [-0.39, 0.29) is 18.6 Å². The van der Waals surface area contributed by atoms with E-state index < -0.39 is 12.1 Å². The molecular formula is C21H25NO4. The average Bonchev–Trinajstić information content (AvgIpc) is 2.67. The zero-order valence-electron chi connectivity index (χ0n) is 15.1. The van der Waals surface area contributed by atoms with Crippen LogP contribution in [0.3, 0.4) is 0 Å². The summed E-state index contributed by atoms with van der Waals surface area (Å²) < 4.78 is 10.7. The van der Waals surface area contributed by atoms with Crippen molar-refractivity contribution in [3.8, 4) is 5.75 Å². The first-order chi connectivity index (χ1) is 12.6. The van der Waals surface area contributed by atoms with Gasteiger partial charge in [-0.1, -0.05) is 49.6 Å². The molecule has 26 heavy (non-hydrogen) atoms. The Morgan fingerprint density at radius 2 is 1.81 bits per heavy atom. The summed E-state index contributed by atoms with van der Waals surface area (Å²) in [6, 6.07) is 13.8. The Balaban J connectivity index is 1.45. The fraction of sp³-hybridized carbons (Fsp3) is 0.429. The number of esters is 1. The average molecular weight is 355 g/mol. The Bertz CT molecular complexity index is 767. The Morgan fingerprint density at radius 1 is 1.08 bits per heavy atom. The molecule has 2 aromatic carbocycles. The number of rotatable bonds is 6. The molecule has 5 nitrogen and oxygen atoms in total. The van der Waals surface area contributed by atoms with Crippen molar-refractivity contribution in [2.24, 2.45) is 0 Å². The summed E-state index contributed by atoms with van der Waals surface area (Å²) in [5.41, 5.74) is 0. The zero-order valence-corrected chi connectivity index (χ0v) is 15.1. The fourth-order valence-electron chi connectivity index (χ4n) is 3.25. The second-order valence-corrected chi connectivity index (χ2v) is 6.77. The molecule has 0 bridgehead atoms. The van der Waals surface area contributed by atoms with E-state index in [1.165, 1.54) is 6.42 Å². The molecule has 1 N–H and O–H groups in total. The number of hydrogen-bond donors (Lipinski definition) is 1. The highest BCUT2D eigenvalue weighted by molar-refractivity contribution is 5.85. The number of amides is 1. The van der Waals surface area contributed by atoms with Gasteiger partial charge in [-0.3, -0.25) is 4.79 Å². The molecule has 138 valence electrons. The highest BCUT2D eigenvalue weighted by Crippen LogP contribution is 2.20. The number of hydrogen-bond acceptors (Lipinski definition) is 4. The predicted octanol–water partition coefficient (Wildman–Crippen LogP) is 3.60. The number of ether oxygens (including phenoxy) is 2. The van der Waals surface area contributed by atoms with Crippen LogP contribution in [0.2, 0.25) is 0 Å². The van der Waals surface area contributed by atoms with Crippen LogP contribution in [0.15, 0.2) is 42.5 Å². The number of fused-ring (bicyclic) bond motifs is 1. The number of carbonyl (C=O) groups is 2. The lowest BCUT2D eigenvalue weighted by Crippen LogP contribution is -2.43. The van der Waals surface area contributed by atoms with Crippen LogP contribution >= 0.6 is 0 Å². The van der Waals surface area contributed by atoms with Gasteiger partial charge in [-0.15, -0.1) is 0 Å². The minimum Gasteiger partial charge on any atom is -0.482 e. The first-order valence-electron chi connectivity index (χ1n) is 9.23. The first kappa shape index (κ1) is 18.2. The van der Waals surface area contributed by atoms with Gasteiger partial charge in [-0.25, -0.2) is 4.79 Å². The van der Waals surface area contributed by atoms with Crippen molar-refractivity contribution in [2.45, 2.75) is 51.2 Å². The fourth-order valence-corrected chi connectivity index (χ4v) is 3.25. The number of carbonyl (C=O) groups excluding carboxylic acids is 2. The standard InChI is InChI=1S/C21H25NO4/c1-15(21(24)22-18-9-3-2-4-10-18)26-20(23)14-25-19-12-11-16-7-5-6-8-17(16)13-19/h5-8,11-13,15,18H,2-4,9-10,14H2,1H3,(H,22,24). The van der Waals surface area contributed by atoms with Gasteiger partial charge in [-0.2, -0.15) is 0 Å². The van der Waals surface area contributed by atoms with Gasteiger partial charge < -0.3 is 14.8 Å². The van der Waals surface area contributed by atoms with Gasteiger partial charge in [-0.05, 0) is 42.7 Å². The Kier molecular flexibility index (Phi) is 6.10. The van der Waals surface area contributed by atoms with Crippen molar-refractivity contribution in [1.82, 2.24) is 5.32 Å². The third-order valence-electron chi connectivity index (χ3n) is 4.71. The van der Waals surface area contributed by atoms with Crippen LogP contribution in [0, 0.1) is 0 Å². The monoisotopic (exact) mass is 355 g/mol. The smallest absolute Gasteiger partial charge is 0.344 e. The van der Waals surface area contributed by atoms with E-state index in [2.05, 4.69) is 5.32 Å². The lowest BCUT2D eigenvalue weighted by molar-refractivity contribution is -0.156. The molecule has 0 radical (unpaired) electrons. The lowest BCUT2D eigenvalue weighted by atomic mass is 9.95. The van der Waals surface area contributed by atoms with E-state index in [1.807, 2.05) is 42.5 Å². The van der Waals surface area contributed by atoms with Crippen LogP contribution in [0.25, 0.3) is 10.8 Å². The van der Waals surface area contributed by atoms with Crippen LogP contribution in [-0.2, 0) is 14.3 Å². The van der Waals surface area contributed by atoms with E-state index in [4.69, 9.17) is 9.47 Å². The summed E-state index contributed by atoms with van der Waals surface area (Å²) >= 11 is 0. The SMILES string of the molecule is CC(OC(=O)COc1ccc2ccccc2c1)C(=O)NC1CCCCC1. The molecule has 1 amide bonds. The van der Waals surface area contributed by atoms with Crippen LogP contribution in [0.1, 0.15) is 39.0 Å². The lowest BCUT2D eigenvalue weighted by Gasteiger charge is -2.24. The maximum Gasteiger partial charge on any atom is 0.344 e.